The molecule has 0 saturated heterocycles. The zero-order valence-corrected chi connectivity index (χ0v) is 11.8. The van der Waals surface area contributed by atoms with Gasteiger partial charge < -0.3 is 20.0 Å². The van der Waals surface area contributed by atoms with E-state index in [0.717, 1.165) is 0 Å². The molecular formula is C13H14ClN3O3. The maximum absolute atomic E-state index is 12.2. The Morgan fingerprint density at radius 3 is 2.80 bits per heavy atom. The van der Waals surface area contributed by atoms with Crippen molar-refractivity contribution in [1.29, 1.82) is 0 Å². The van der Waals surface area contributed by atoms with Crippen molar-refractivity contribution in [3.63, 3.8) is 0 Å². The highest BCUT2D eigenvalue weighted by atomic mass is 35.5. The van der Waals surface area contributed by atoms with Crippen molar-refractivity contribution < 1.29 is 14.7 Å². The molecule has 1 amide bonds. The van der Waals surface area contributed by atoms with E-state index in [4.69, 9.17) is 16.7 Å². The van der Waals surface area contributed by atoms with Gasteiger partial charge in [-0.05, 0) is 19.9 Å². The Hall–Kier alpha value is -2.21. The molecule has 0 bridgehead atoms. The number of halogens is 1. The van der Waals surface area contributed by atoms with Crippen molar-refractivity contribution in [2.24, 2.45) is 0 Å². The molecule has 0 aliphatic carbocycles. The van der Waals surface area contributed by atoms with Crippen LogP contribution >= 0.6 is 11.6 Å². The van der Waals surface area contributed by atoms with Gasteiger partial charge in [0.25, 0.3) is 5.91 Å². The predicted molar refractivity (Wildman–Crippen MR) is 75.6 cm³/mol. The zero-order chi connectivity index (χ0) is 14.9. The average molecular weight is 296 g/mol. The summed E-state index contributed by atoms with van der Waals surface area (Å²) in [5.41, 5.74) is 1.16. The lowest BCUT2D eigenvalue weighted by Gasteiger charge is -2.07. The van der Waals surface area contributed by atoms with Crippen molar-refractivity contribution >= 4 is 29.2 Å². The molecule has 0 radical (unpaired) electrons. The number of carboxylic acid groups (broad SMARTS) is 1. The van der Waals surface area contributed by atoms with Crippen LogP contribution in [0.1, 0.15) is 33.5 Å². The average Bonchev–Trinajstić information content (AvgIpc) is 2.92. The number of carbonyl (C=O) groups is 2. The number of rotatable bonds is 4. The fourth-order valence-electron chi connectivity index (χ4n) is 2.01. The molecule has 0 aliphatic rings. The van der Waals surface area contributed by atoms with Crippen LogP contribution in [-0.4, -0.2) is 26.5 Å². The van der Waals surface area contributed by atoms with Gasteiger partial charge in [-0.2, -0.15) is 0 Å². The number of hydrogen-bond acceptors (Lipinski definition) is 2. The summed E-state index contributed by atoms with van der Waals surface area (Å²) in [4.78, 5) is 26.1. The smallest absolute Gasteiger partial charge is 0.339 e. The highest BCUT2D eigenvalue weighted by Crippen LogP contribution is 2.21. The standard InChI is InChI=1S/C13H14ClN3O3/c1-3-17-6-8(14)4-10(17)12(18)16-9-5-15-7(2)11(9)13(19)20/h4-6,15H,3H2,1-2H3,(H,16,18)(H,19,20). The molecular weight excluding hydrogens is 282 g/mol. The van der Waals surface area contributed by atoms with Crippen LogP contribution in [0.4, 0.5) is 5.69 Å². The number of anilines is 1. The number of aryl methyl sites for hydroxylation is 2. The number of carboxylic acids is 1. The molecule has 2 aromatic heterocycles. The largest absolute Gasteiger partial charge is 0.478 e. The molecule has 2 heterocycles. The Kier molecular flexibility index (Phi) is 3.85. The van der Waals surface area contributed by atoms with E-state index in [2.05, 4.69) is 10.3 Å². The number of aromatic amines is 1. The van der Waals surface area contributed by atoms with Gasteiger partial charge in [0, 0.05) is 24.6 Å². The minimum atomic E-state index is -1.09. The van der Waals surface area contributed by atoms with Gasteiger partial charge in [-0.15, -0.1) is 0 Å². The summed E-state index contributed by atoms with van der Waals surface area (Å²) in [6.07, 6.45) is 3.11. The molecule has 6 nitrogen and oxygen atoms in total. The van der Waals surface area contributed by atoms with Gasteiger partial charge in [0.05, 0.1) is 10.7 Å². The van der Waals surface area contributed by atoms with Crippen molar-refractivity contribution in [3.8, 4) is 0 Å². The van der Waals surface area contributed by atoms with Crippen LogP contribution in [0.5, 0.6) is 0 Å². The summed E-state index contributed by atoms with van der Waals surface area (Å²) in [6.45, 7) is 4.11. The van der Waals surface area contributed by atoms with Gasteiger partial charge in [0.15, 0.2) is 0 Å². The summed E-state index contributed by atoms with van der Waals surface area (Å²) in [6, 6.07) is 1.54. The van der Waals surface area contributed by atoms with Gasteiger partial charge in [-0.1, -0.05) is 11.6 Å². The van der Waals surface area contributed by atoms with Crippen LogP contribution < -0.4 is 5.32 Å². The van der Waals surface area contributed by atoms with Crippen LogP contribution in [0, 0.1) is 6.92 Å². The Morgan fingerprint density at radius 1 is 1.50 bits per heavy atom. The van der Waals surface area contributed by atoms with E-state index in [9.17, 15) is 9.59 Å². The van der Waals surface area contributed by atoms with Gasteiger partial charge >= 0.3 is 5.97 Å². The molecule has 3 N–H and O–H groups in total. The van der Waals surface area contributed by atoms with Crippen molar-refractivity contribution in [2.75, 3.05) is 5.32 Å². The fourth-order valence-corrected chi connectivity index (χ4v) is 2.24. The summed E-state index contributed by atoms with van der Waals surface area (Å²) < 4.78 is 1.69. The van der Waals surface area contributed by atoms with E-state index >= 15 is 0 Å². The minimum absolute atomic E-state index is 0.0547. The topological polar surface area (TPSA) is 87.1 Å². The highest BCUT2D eigenvalue weighted by Gasteiger charge is 2.19. The van der Waals surface area contributed by atoms with E-state index in [1.165, 1.54) is 6.20 Å². The first-order valence-electron chi connectivity index (χ1n) is 6.02. The molecule has 2 rings (SSSR count). The third-order valence-corrected chi connectivity index (χ3v) is 3.18. The molecule has 0 fully saturated rings. The minimum Gasteiger partial charge on any atom is -0.478 e. The van der Waals surface area contributed by atoms with E-state index in [1.54, 1.807) is 23.8 Å². The second kappa shape index (κ2) is 5.42. The van der Waals surface area contributed by atoms with Gasteiger partial charge in [0.1, 0.15) is 11.3 Å². The van der Waals surface area contributed by atoms with Gasteiger partial charge in [-0.3, -0.25) is 4.79 Å². The number of H-pyrrole nitrogens is 1. The van der Waals surface area contributed by atoms with Crippen LogP contribution in [0.25, 0.3) is 0 Å². The Morgan fingerprint density at radius 2 is 2.20 bits per heavy atom. The highest BCUT2D eigenvalue weighted by molar-refractivity contribution is 6.31. The van der Waals surface area contributed by atoms with Crippen LogP contribution in [0.2, 0.25) is 5.02 Å². The van der Waals surface area contributed by atoms with E-state index < -0.39 is 11.9 Å². The second-order valence-corrected chi connectivity index (χ2v) is 4.73. The summed E-state index contributed by atoms with van der Waals surface area (Å²) >= 11 is 5.88. The van der Waals surface area contributed by atoms with Crippen molar-refractivity contribution in [2.45, 2.75) is 20.4 Å². The fraction of sp³-hybridized carbons (Fsp3) is 0.231. The molecule has 0 spiro atoms. The third kappa shape index (κ3) is 2.55. The predicted octanol–water partition coefficient (Wildman–Crippen LogP) is 2.75. The SMILES string of the molecule is CCn1cc(Cl)cc1C(=O)Nc1c[nH]c(C)c1C(=O)O. The van der Waals surface area contributed by atoms with Crippen LogP contribution in [0.15, 0.2) is 18.5 Å². The van der Waals surface area contributed by atoms with Crippen molar-refractivity contribution in [3.05, 3.63) is 40.4 Å². The van der Waals surface area contributed by atoms with E-state index in [0.29, 0.717) is 23.0 Å². The zero-order valence-electron chi connectivity index (χ0n) is 11.0. The molecule has 0 aliphatic heterocycles. The van der Waals surface area contributed by atoms with E-state index in [-0.39, 0.29) is 11.3 Å². The van der Waals surface area contributed by atoms with Gasteiger partial charge in [0.2, 0.25) is 0 Å². The number of aromatic nitrogens is 2. The number of carbonyl (C=O) groups excluding carboxylic acids is 1. The second-order valence-electron chi connectivity index (χ2n) is 4.29. The normalized spacial score (nSPS) is 10.6. The number of hydrogen-bond donors (Lipinski definition) is 3. The maximum atomic E-state index is 12.2. The van der Waals surface area contributed by atoms with Gasteiger partial charge in [-0.25, -0.2) is 4.79 Å². The number of aromatic carboxylic acids is 1. The van der Waals surface area contributed by atoms with E-state index in [1.807, 2.05) is 6.92 Å². The summed E-state index contributed by atoms with van der Waals surface area (Å²) in [7, 11) is 0. The Balaban J connectivity index is 2.30. The number of nitrogens with one attached hydrogen (secondary N) is 2. The van der Waals surface area contributed by atoms with Crippen molar-refractivity contribution in [1.82, 2.24) is 9.55 Å². The lowest BCUT2D eigenvalue weighted by atomic mass is 10.2. The lowest BCUT2D eigenvalue weighted by molar-refractivity contribution is 0.0697. The summed E-state index contributed by atoms with van der Waals surface area (Å²) in [5.74, 6) is -1.50. The van der Waals surface area contributed by atoms with Crippen LogP contribution in [0.3, 0.4) is 0 Å². The first-order valence-corrected chi connectivity index (χ1v) is 6.40. The monoisotopic (exact) mass is 295 g/mol. The molecule has 0 saturated carbocycles. The quantitative estimate of drug-likeness (QED) is 0.810. The molecule has 0 aromatic carbocycles. The molecule has 106 valence electrons. The lowest BCUT2D eigenvalue weighted by Crippen LogP contribution is -2.17. The number of amides is 1. The third-order valence-electron chi connectivity index (χ3n) is 2.98. The molecule has 20 heavy (non-hydrogen) atoms. The van der Waals surface area contributed by atoms with Crippen LogP contribution in [-0.2, 0) is 6.54 Å². The molecule has 0 unspecified atom stereocenters. The number of nitrogens with zero attached hydrogens (tertiary/aromatic N) is 1. The first kappa shape index (κ1) is 14.2. The summed E-state index contributed by atoms with van der Waals surface area (Å²) in [5, 5.41) is 12.2. The molecule has 0 atom stereocenters. The Labute approximate surface area is 120 Å². The molecule has 7 heteroatoms. The first-order chi connectivity index (χ1) is 9.43. The maximum Gasteiger partial charge on any atom is 0.339 e. The molecule has 2 aromatic rings. The Bertz CT molecular complexity index is 672.